The molecule has 1 saturated heterocycles. The third kappa shape index (κ3) is 2.26. The van der Waals surface area contributed by atoms with Crippen LogP contribution in [0.5, 0.6) is 0 Å². The fourth-order valence-electron chi connectivity index (χ4n) is 2.46. The number of nitrogens with zero attached hydrogens (tertiary/aromatic N) is 3. The van der Waals surface area contributed by atoms with Gasteiger partial charge in [0.2, 0.25) is 0 Å². The van der Waals surface area contributed by atoms with Gasteiger partial charge in [0.1, 0.15) is 12.6 Å². The van der Waals surface area contributed by atoms with E-state index in [4.69, 9.17) is 5.26 Å². The normalized spacial score (nSPS) is 23.1. The molecule has 2 rings (SSSR count). The van der Waals surface area contributed by atoms with Crippen LogP contribution in [-0.2, 0) is 4.79 Å². The molecule has 0 aromatic carbocycles. The maximum atomic E-state index is 12.3. The number of carbonyl (C=O) groups excluding carboxylic acids is 2. The van der Waals surface area contributed by atoms with E-state index >= 15 is 0 Å². The van der Waals surface area contributed by atoms with Crippen LogP contribution in [0.25, 0.3) is 0 Å². The molecule has 0 spiro atoms. The fraction of sp³-hybridized carbons (Fsp3) is 0.500. The van der Waals surface area contributed by atoms with Gasteiger partial charge in [-0.05, 0) is 24.8 Å². The van der Waals surface area contributed by atoms with E-state index in [9.17, 15) is 9.59 Å². The van der Waals surface area contributed by atoms with E-state index in [1.54, 1.807) is 0 Å². The molecular weight excluding hydrogens is 242 g/mol. The molecule has 1 aliphatic heterocycles. The molecule has 1 heterocycles. The van der Waals surface area contributed by atoms with Gasteiger partial charge in [-0.25, -0.2) is 9.69 Å². The Hall–Kier alpha value is -2.09. The van der Waals surface area contributed by atoms with Crippen LogP contribution in [-0.4, -0.2) is 34.3 Å². The van der Waals surface area contributed by atoms with Crippen molar-refractivity contribution in [3.63, 3.8) is 0 Å². The molecule has 0 aromatic rings. The van der Waals surface area contributed by atoms with Crippen LogP contribution in [0.2, 0.25) is 0 Å². The van der Waals surface area contributed by atoms with Crippen LogP contribution in [0.4, 0.5) is 4.79 Å². The lowest BCUT2D eigenvalue weighted by molar-refractivity contribution is -0.128. The van der Waals surface area contributed by atoms with Crippen molar-refractivity contribution in [1.29, 1.82) is 5.26 Å². The number of amides is 3. The van der Waals surface area contributed by atoms with Gasteiger partial charge in [0.15, 0.2) is 0 Å². The monoisotopic (exact) mass is 259 g/mol. The highest BCUT2D eigenvalue weighted by molar-refractivity contribution is 6.05. The van der Waals surface area contributed by atoms with Gasteiger partial charge in [-0.3, -0.25) is 9.69 Å². The second-order valence-corrected chi connectivity index (χ2v) is 5.03. The molecule has 0 radical (unpaired) electrons. The number of hydrogen-bond acceptors (Lipinski definition) is 3. The Kier molecular flexibility index (Phi) is 3.70. The zero-order chi connectivity index (χ0) is 14.0. The molecule has 3 amide bonds. The molecule has 100 valence electrons. The summed E-state index contributed by atoms with van der Waals surface area (Å²) in [4.78, 5) is 27.1. The van der Waals surface area contributed by atoms with E-state index < -0.39 is 6.04 Å². The van der Waals surface area contributed by atoms with E-state index in [0.29, 0.717) is 0 Å². The lowest BCUT2D eigenvalue weighted by Gasteiger charge is -2.26. The first-order valence-corrected chi connectivity index (χ1v) is 6.46. The lowest BCUT2D eigenvalue weighted by atomic mass is 10.0. The number of allylic oxidation sites excluding steroid dienone is 3. The molecule has 0 N–H and O–H groups in total. The van der Waals surface area contributed by atoms with Crippen molar-refractivity contribution in [2.24, 2.45) is 5.92 Å². The fourth-order valence-corrected chi connectivity index (χ4v) is 2.46. The molecule has 19 heavy (non-hydrogen) atoms. The minimum atomic E-state index is -0.505. The number of nitriles is 1. The smallest absolute Gasteiger partial charge is 0.282 e. The van der Waals surface area contributed by atoms with E-state index in [1.165, 1.54) is 4.90 Å². The molecule has 5 nitrogen and oxygen atoms in total. The summed E-state index contributed by atoms with van der Waals surface area (Å²) in [6.07, 6.45) is 7.66. The van der Waals surface area contributed by atoms with Crippen LogP contribution in [0.15, 0.2) is 23.9 Å². The highest BCUT2D eigenvalue weighted by Gasteiger charge is 2.47. The van der Waals surface area contributed by atoms with Crippen molar-refractivity contribution in [3.05, 3.63) is 23.9 Å². The first kappa shape index (κ1) is 13.3. The largest absolute Gasteiger partial charge is 0.332 e. The van der Waals surface area contributed by atoms with Crippen LogP contribution in [0.3, 0.4) is 0 Å². The summed E-state index contributed by atoms with van der Waals surface area (Å²) in [6, 6.07) is 0.983. The quantitative estimate of drug-likeness (QED) is 0.575. The average Bonchev–Trinajstić information content (AvgIpc) is 2.64. The lowest BCUT2D eigenvalue weighted by Crippen LogP contribution is -2.38. The van der Waals surface area contributed by atoms with E-state index in [-0.39, 0.29) is 24.4 Å². The summed E-state index contributed by atoms with van der Waals surface area (Å²) >= 11 is 0. The van der Waals surface area contributed by atoms with Gasteiger partial charge < -0.3 is 0 Å². The number of imide groups is 1. The van der Waals surface area contributed by atoms with Crippen LogP contribution in [0.1, 0.15) is 26.7 Å². The summed E-state index contributed by atoms with van der Waals surface area (Å²) in [7, 11) is 0. The van der Waals surface area contributed by atoms with Gasteiger partial charge in [-0.15, -0.1) is 0 Å². The number of urea groups is 1. The summed E-state index contributed by atoms with van der Waals surface area (Å²) in [5, 5.41) is 8.74. The zero-order valence-electron chi connectivity index (χ0n) is 11.2. The third-order valence-corrected chi connectivity index (χ3v) is 3.35. The molecule has 1 aliphatic carbocycles. The third-order valence-electron chi connectivity index (χ3n) is 3.35. The minimum absolute atomic E-state index is 0.0105. The van der Waals surface area contributed by atoms with Crippen molar-refractivity contribution < 1.29 is 9.59 Å². The Labute approximate surface area is 112 Å². The van der Waals surface area contributed by atoms with Gasteiger partial charge in [0, 0.05) is 5.70 Å². The van der Waals surface area contributed by atoms with E-state index in [1.807, 2.05) is 38.1 Å². The molecule has 5 heteroatoms. The van der Waals surface area contributed by atoms with Crippen molar-refractivity contribution in [1.82, 2.24) is 9.80 Å². The van der Waals surface area contributed by atoms with Gasteiger partial charge in [-0.2, -0.15) is 5.26 Å². The molecule has 0 saturated carbocycles. The molecule has 0 bridgehead atoms. The molecule has 0 aromatic heterocycles. The standard InChI is InChI=1S/C14H17N3O2/c1-10(2)12-13(18)16(9-8-15)14(19)17(12)11-6-4-3-5-7-11/h4,6-7,10,12H,3,5,9H2,1-2H3. The van der Waals surface area contributed by atoms with Crippen LogP contribution in [0, 0.1) is 17.2 Å². The molecular formula is C14H17N3O2. The minimum Gasteiger partial charge on any atom is -0.282 e. The number of carbonyl (C=O) groups is 2. The topological polar surface area (TPSA) is 64.4 Å². The van der Waals surface area contributed by atoms with Crippen molar-refractivity contribution in [3.8, 4) is 6.07 Å². The van der Waals surface area contributed by atoms with Gasteiger partial charge in [-0.1, -0.05) is 26.0 Å². The van der Waals surface area contributed by atoms with Crippen molar-refractivity contribution in [2.45, 2.75) is 32.7 Å². The Morgan fingerprint density at radius 2 is 2.16 bits per heavy atom. The summed E-state index contributed by atoms with van der Waals surface area (Å²) in [5.41, 5.74) is 0.767. The zero-order valence-corrected chi connectivity index (χ0v) is 11.2. The Morgan fingerprint density at radius 1 is 1.42 bits per heavy atom. The summed E-state index contributed by atoms with van der Waals surface area (Å²) in [6.45, 7) is 3.63. The summed E-state index contributed by atoms with van der Waals surface area (Å²) < 4.78 is 0. The molecule has 1 unspecified atom stereocenters. The highest BCUT2D eigenvalue weighted by Crippen LogP contribution is 2.29. The first-order chi connectivity index (χ1) is 9.07. The van der Waals surface area contributed by atoms with Crippen LogP contribution >= 0.6 is 0 Å². The van der Waals surface area contributed by atoms with Gasteiger partial charge in [0.05, 0.1) is 6.07 Å². The van der Waals surface area contributed by atoms with E-state index in [2.05, 4.69) is 0 Å². The average molecular weight is 259 g/mol. The van der Waals surface area contributed by atoms with Crippen molar-refractivity contribution in [2.75, 3.05) is 6.54 Å². The summed E-state index contributed by atoms with van der Waals surface area (Å²) in [5.74, 6) is -0.266. The van der Waals surface area contributed by atoms with Gasteiger partial charge >= 0.3 is 6.03 Å². The Morgan fingerprint density at radius 3 is 2.68 bits per heavy atom. The number of rotatable bonds is 3. The Balaban J connectivity index is 2.37. The van der Waals surface area contributed by atoms with Crippen LogP contribution < -0.4 is 0 Å². The predicted molar refractivity (Wildman–Crippen MR) is 69.6 cm³/mol. The molecule has 2 aliphatic rings. The maximum absolute atomic E-state index is 12.3. The number of hydrogen-bond donors (Lipinski definition) is 0. The maximum Gasteiger partial charge on any atom is 0.332 e. The van der Waals surface area contributed by atoms with Crippen molar-refractivity contribution >= 4 is 11.9 Å². The first-order valence-electron chi connectivity index (χ1n) is 6.46. The van der Waals surface area contributed by atoms with Gasteiger partial charge in [0.25, 0.3) is 5.91 Å². The second-order valence-electron chi connectivity index (χ2n) is 5.03. The Bertz CT molecular complexity index is 499. The highest BCUT2D eigenvalue weighted by atomic mass is 16.2. The predicted octanol–water partition coefficient (Wildman–Crippen LogP) is 2.03. The van der Waals surface area contributed by atoms with E-state index in [0.717, 1.165) is 23.4 Å². The SMILES string of the molecule is CC(C)C1C(=O)N(CC#N)C(=O)N1C1=CCCC=C1. The second kappa shape index (κ2) is 5.27. The molecule has 1 atom stereocenters. The molecule has 1 fully saturated rings.